The van der Waals surface area contributed by atoms with Crippen molar-refractivity contribution in [2.75, 3.05) is 26.7 Å². The zero-order chi connectivity index (χ0) is 37.1. The molecule has 5 atom stereocenters. The van der Waals surface area contributed by atoms with Crippen molar-refractivity contribution in [3.63, 3.8) is 0 Å². The van der Waals surface area contributed by atoms with Crippen LogP contribution in [0, 0.1) is 11.3 Å². The standard InChI is InChI=1S/C35H56N6O7S2/c1-7-19-36-32(44)30(42)25-16-13-11-9-8-10-12-14-17-26(33(45)41-22-24(2)21-27(41)31(43)37-25)38-34(46)39-28(35(3,4)5)23-40(6)50(47,48)29-18-15-20-49-29/h7,15,18,20,24-28H,1,8-14,16-17,19,21-23H2,2-6H3,(H,36,44)(H,37,43)(H2,38,39,46)/t24-,25+,26+,27+,28-/m1/s1. The van der Waals surface area contributed by atoms with Crippen LogP contribution in [0.25, 0.3) is 0 Å². The first-order chi connectivity index (χ1) is 23.6. The minimum absolute atomic E-state index is 0.00709. The quantitative estimate of drug-likeness (QED) is 0.210. The fourth-order valence-electron chi connectivity index (χ4n) is 6.34. The third-order valence-electron chi connectivity index (χ3n) is 9.40. The molecule has 0 spiro atoms. The van der Waals surface area contributed by atoms with Crippen LogP contribution >= 0.6 is 11.3 Å². The van der Waals surface area contributed by atoms with Crippen LogP contribution in [0.2, 0.25) is 0 Å². The monoisotopic (exact) mass is 736 g/mol. The van der Waals surface area contributed by atoms with Crippen LogP contribution in [-0.2, 0) is 29.2 Å². The highest BCUT2D eigenvalue weighted by atomic mass is 32.2. The highest BCUT2D eigenvalue weighted by molar-refractivity contribution is 7.91. The van der Waals surface area contributed by atoms with Gasteiger partial charge in [0.2, 0.25) is 17.6 Å². The number of nitrogens with zero attached hydrogens (tertiary/aromatic N) is 2. The molecule has 0 saturated carbocycles. The molecule has 1 aromatic heterocycles. The number of carbonyl (C=O) groups is 5. The fourth-order valence-corrected chi connectivity index (χ4v) is 8.72. The predicted molar refractivity (Wildman–Crippen MR) is 194 cm³/mol. The van der Waals surface area contributed by atoms with E-state index in [2.05, 4.69) is 27.8 Å². The molecule has 0 aromatic carbocycles. The topological polar surface area (TPSA) is 174 Å². The number of urea groups is 1. The van der Waals surface area contributed by atoms with Gasteiger partial charge in [-0.25, -0.2) is 13.2 Å². The summed E-state index contributed by atoms with van der Waals surface area (Å²) >= 11 is 1.12. The lowest BCUT2D eigenvalue weighted by molar-refractivity contribution is -0.142. The van der Waals surface area contributed by atoms with Gasteiger partial charge in [0.05, 0.1) is 6.04 Å². The van der Waals surface area contributed by atoms with Crippen LogP contribution < -0.4 is 21.3 Å². The molecular weight excluding hydrogens is 681 g/mol. The lowest BCUT2D eigenvalue weighted by Gasteiger charge is -2.35. The number of ketones is 1. The van der Waals surface area contributed by atoms with E-state index < -0.39 is 69.1 Å². The molecule has 2 aliphatic heterocycles. The number of hydrogen-bond acceptors (Lipinski definition) is 8. The van der Waals surface area contributed by atoms with Gasteiger partial charge in [-0.15, -0.1) is 17.9 Å². The smallest absolute Gasteiger partial charge is 0.315 e. The van der Waals surface area contributed by atoms with E-state index in [9.17, 15) is 32.4 Å². The van der Waals surface area contributed by atoms with Crippen molar-refractivity contribution < 1.29 is 32.4 Å². The molecule has 1 aromatic rings. The molecule has 2 saturated heterocycles. The third kappa shape index (κ3) is 11.6. The molecule has 3 rings (SSSR count). The Morgan fingerprint density at radius 1 is 1.10 bits per heavy atom. The van der Waals surface area contributed by atoms with Crippen LogP contribution in [0.1, 0.15) is 91.9 Å². The Hall–Kier alpha value is -3.30. The molecule has 13 nitrogen and oxygen atoms in total. The van der Waals surface area contributed by atoms with Gasteiger partial charge < -0.3 is 26.2 Å². The van der Waals surface area contributed by atoms with Crippen LogP contribution in [0.3, 0.4) is 0 Å². The summed E-state index contributed by atoms with van der Waals surface area (Å²) in [4.78, 5) is 68.6. The van der Waals surface area contributed by atoms with Crippen molar-refractivity contribution in [3.05, 3.63) is 30.2 Å². The average Bonchev–Trinajstić information content (AvgIpc) is 3.74. The van der Waals surface area contributed by atoms with E-state index in [1.165, 1.54) is 28.4 Å². The molecule has 0 radical (unpaired) electrons. The maximum Gasteiger partial charge on any atom is 0.315 e. The van der Waals surface area contributed by atoms with E-state index in [0.29, 0.717) is 38.6 Å². The van der Waals surface area contributed by atoms with Crippen molar-refractivity contribution in [2.45, 2.75) is 120 Å². The van der Waals surface area contributed by atoms with E-state index in [1.54, 1.807) is 11.4 Å². The highest BCUT2D eigenvalue weighted by Crippen LogP contribution is 2.27. The average molecular weight is 737 g/mol. The molecule has 50 heavy (non-hydrogen) atoms. The first-order valence-corrected chi connectivity index (χ1v) is 20.0. The number of carbonyl (C=O) groups excluding carboxylic acids is 5. The van der Waals surface area contributed by atoms with Gasteiger partial charge in [0, 0.05) is 32.7 Å². The summed E-state index contributed by atoms with van der Waals surface area (Å²) in [6.45, 7) is 11.6. The van der Waals surface area contributed by atoms with Crippen molar-refractivity contribution >= 4 is 50.9 Å². The minimum Gasteiger partial charge on any atom is -0.346 e. The Morgan fingerprint density at radius 2 is 1.74 bits per heavy atom. The second-order valence-corrected chi connectivity index (χ2v) is 17.8. The second kappa shape index (κ2) is 18.8. The normalized spacial score (nSPS) is 23.8. The number of Topliss-reactive ketones (excluding diaryl/α,β-unsaturated/α-hetero) is 1. The summed E-state index contributed by atoms with van der Waals surface area (Å²) in [5.74, 6) is -2.44. The summed E-state index contributed by atoms with van der Waals surface area (Å²) in [5, 5.41) is 12.8. The number of nitrogens with one attached hydrogen (secondary N) is 4. The predicted octanol–water partition coefficient (Wildman–Crippen LogP) is 3.57. The molecule has 0 unspecified atom stereocenters. The van der Waals surface area contributed by atoms with Gasteiger partial charge in [-0.2, -0.15) is 4.31 Å². The summed E-state index contributed by atoms with van der Waals surface area (Å²) in [7, 11) is -2.28. The van der Waals surface area contributed by atoms with Crippen molar-refractivity contribution in [1.82, 2.24) is 30.5 Å². The molecule has 5 amide bonds. The first kappa shape index (κ1) is 41.1. The van der Waals surface area contributed by atoms with E-state index in [4.69, 9.17) is 0 Å². The Labute approximate surface area is 301 Å². The molecular formula is C35H56N6O7S2. The van der Waals surface area contributed by atoms with Crippen molar-refractivity contribution in [1.29, 1.82) is 0 Å². The maximum atomic E-state index is 14.2. The molecule has 4 N–H and O–H groups in total. The lowest BCUT2D eigenvalue weighted by atomic mass is 9.87. The van der Waals surface area contributed by atoms with E-state index in [1.807, 2.05) is 27.7 Å². The first-order valence-electron chi connectivity index (χ1n) is 17.7. The Bertz CT molecular complexity index is 1440. The Kier molecular flexibility index (Phi) is 15.5. The molecule has 2 aliphatic rings. The number of hydrogen-bond donors (Lipinski definition) is 4. The van der Waals surface area contributed by atoms with E-state index in [0.717, 1.165) is 43.4 Å². The second-order valence-electron chi connectivity index (χ2n) is 14.6. The molecule has 0 bridgehead atoms. The SMILES string of the molecule is C=CCNC(=O)C(=O)[C@@H]1CCCCCCCCC[C@H](NC(=O)N[C@H](CN(C)S(=O)(=O)c2cccs2)C(C)(C)C)C(=O)N2C[C@H](C)C[C@H]2C(=O)N1. The van der Waals surface area contributed by atoms with Gasteiger partial charge in [-0.05, 0) is 42.0 Å². The molecule has 3 heterocycles. The van der Waals surface area contributed by atoms with Gasteiger partial charge in [-0.1, -0.05) is 84.8 Å². The number of amides is 5. The lowest BCUT2D eigenvalue weighted by Crippen LogP contribution is -2.59. The van der Waals surface area contributed by atoms with Crippen LogP contribution in [-0.4, -0.2) is 98.0 Å². The maximum absolute atomic E-state index is 14.2. The molecule has 15 heteroatoms. The largest absolute Gasteiger partial charge is 0.346 e. The summed E-state index contributed by atoms with van der Waals surface area (Å²) in [6, 6.07) is -0.833. The van der Waals surface area contributed by atoms with Crippen LogP contribution in [0.4, 0.5) is 4.79 Å². The number of sulfonamides is 1. The number of fused-ring (bicyclic) bond motifs is 1. The molecule has 280 valence electrons. The minimum atomic E-state index is -3.76. The van der Waals surface area contributed by atoms with Crippen LogP contribution in [0.15, 0.2) is 34.4 Å². The van der Waals surface area contributed by atoms with Crippen LogP contribution in [0.5, 0.6) is 0 Å². The third-order valence-corrected chi connectivity index (χ3v) is 12.6. The van der Waals surface area contributed by atoms with Gasteiger partial charge in [0.15, 0.2) is 0 Å². The number of thiophene rings is 1. The van der Waals surface area contributed by atoms with E-state index >= 15 is 0 Å². The Morgan fingerprint density at radius 3 is 2.34 bits per heavy atom. The Balaban J connectivity index is 1.81. The number of rotatable bonds is 10. The van der Waals surface area contributed by atoms with Crippen molar-refractivity contribution in [3.8, 4) is 0 Å². The summed E-state index contributed by atoms with van der Waals surface area (Å²) in [5.41, 5.74) is -0.537. The van der Waals surface area contributed by atoms with Gasteiger partial charge in [0.25, 0.3) is 15.9 Å². The van der Waals surface area contributed by atoms with Gasteiger partial charge in [-0.3, -0.25) is 19.2 Å². The summed E-state index contributed by atoms with van der Waals surface area (Å²) in [6.07, 6.45) is 8.41. The molecule has 2 fully saturated rings. The zero-order valence-electron chi connectivity index (χ0n) is 30.2. The fraction of sp³-hybridized carbons (Fsp3) is 0.686. The molecule has 0 aliphatic carbocycles. The van der Waals surface area contributed by atoms with Crippen molar-refractivity contribution in [2.24, 2.45) is 11.3 Å². The highest BCUT2D eigenvalue weighted by Gasteiger charge is 2.42. The van der Waals surface area contributed by atoms with E-state index in [-0.39, 0.29) is 23.2 Å². The van der Waals surface area contributed by atoms with Gasteiger partial charge in [0.1, 0.15) is 16.3 Å². The van der Waals surface area contributed by atoms with Gasteiger partial charge >= 0.3 is 6.03 Å². The zero-order valence-corrected chi connectivity index (χ0v) is 31.8. The number of likely N-dealkylation sites (N-methyl/N-ethyl adjacent to an activating group) is 1. The summed E-state index contributed by atoms with van der Waals surface area (Å²) < 4.78 is 27.7.